The molecule has 2 aromatic rings. The first-order valence-electron chi connectivity index (χ1n) is 7.20. The smallest absolute Gasteiger partial charge is 0.328 e. The summed E-state index contributed by atoms with van der Waals surface area (Å²) >= 11 is 0. The van der Waals surface area contributed by atoms with E-state index in [1.54, 1.807) is 19.1 Å². The van der Waals surface area contributed by atoms with E-state index in [-0.39, 0.29) is 29.9 Å². The van der Waals surface area contributed by atoms with Crippen LogP contribution in [0, 0.1) is 0 Å². The second-order valence-electron chi connectivity index (χ2n) is 5.14. The molecule has 8 heteroatoms. The number of nitrogens with zero attached hydrogens (tertiary/aromatic N) is 1. The third kappa shape index (κ3) is 4.00. The number of aromatic nitrogens is 2. The molecule has 1 atom stereocenters. The van der Waals surface area contributed by atoms with Gasteiger partial charge in [0.2, 0.25) is 0 Å². The lowest BCUT2D eigenvalue weighted by Gasteiger charge is -2.11. The monoisotopic (exact) mass is 340 g/mol. The van der Waals surface area contributed by atoms with E-state index in [0.29, 0.717) is 29.6 Å². The number of hydrogen-bond acceptors (Lipinski definition) is 4. The molecular weight excluding hydrogens is 320 g/mol. The Labute approximate surface area is 139 Å². The average molecular weight is 341 g/mol. The van der Waals surface area contributed by atoms with Crippen molar-refractivity contribution in [2.45, 2.75) is 26.4 Å². The Bertz CT molecular complexity index is 812. The zero-order chi connectivity index (χ0) is 16.3. The zero-order valence-corrected chi connectivity index (χ0v) is 14.1. The third-order valence-electron chi connectivity index (χ3n) is 3.62. The number of H-pyrrole nitrogens is 1. The normalized spacial score (nSPS) is 11.8. The summed E-state index contributed by atoms with van der Waals surface area (Å²) in [5, 5.41) is 6.20. The third-order valence-corrected chi connectivity index (χ3v) is 3.62. The molecule has 0 fully saturated rings. The van der Waals surface area contributed by atoms with E-state index in [1.807, 2.05) is 14.0 Å². The fourth-order valence-electron chi connectivity index (χ4n) is 2.13. The van der Waals surface area contributed by atoms with Crippen molar-refractivity contribution in [3.05, 3.63) is 44.6 Å². The average Bonchev–Trinajstić information content (AvgIpc) is 2.52. The molecule has 2 rings (SSSR count). The minimum atomic E-state index is -0.471. The van der Waals surface area contributed by atoms with Gasteiger partial charge < -0.3 is 15.6 Å². The molecule has 3 N–H and O–H groups in total. The van der Waals surface area contributed by atoms with Crippen LogP contribution in [-0.4, -0.2) is 35.1 Å². The number of carbonyl (C=O) groups excluding carboxylic acids is 1. The Balaban J connectivity index is 0.00000264. The number of fused-ring (bicyclic) bond motifs is 1. The Hall–Kier alpha value is -2.12. The summed E-state index contributed by atoms with van der Waals surface area (Å²) in [4.78, 5) is 38.7. The van der Waals surface area contributed by atoms with Gasteiger partial charge in [-0.3, -0.25) is 14.2 Å². The molecular formula is C15H21ClN4O3. The van der Waals surface area contributed by atoms with Crippen molar-refractivity contribution < 1.29 is 4.79 Å². The van der Waals surface area contributed by atoms with Crippen molar-refractivity contribution in [3.8, 4) is 0 Å². The summed E-state index contributed by atoms with van der Waals surface area (Å²) < 4.78 is 1.12. The molecule has 0 aliphatic carbocycles. The molecule has 1 aromatic carbocycles. The van der Waals surface area contributed by atoms with E-state index < -0.39 is 5.69 Å². The largest absolute Gasteiger partial charge is 0.350 e. The summed E-state index contributed by atoms with van der Waals surface area (Å²) in [6.07, 6.45) is 0. The molecule has 7 nitrogen and oxygen atoms in total. The van der Waals surface area contributed by atoms with Gasteiger partial charge in [0.05, 0.1) is 10.9 Å². The van der Waals surface area contributed by atoms with Crippen LogP contribution in [0.5, 0.6) is 0 Å². The van der Waals surface area contributed by atoms with Crippen molar-refractivity contribution in [3.63, 3.8) is 0 Å². The highest BCUT2D eigenvalue weighted by Gasteiger charge is 2.11. The molecule has 0 saturated heterocycles. The van der Waals surface area contributed by atoms with Crippen molar-refractivity contribution in [2.75, 3.05) is 13.6 Å². The van der Waals surface area contributed by atoms with Gasteiger partial charge in [-0.25, -0.2) is 4.79 Å². The number of nitrogens with one attached hydrogen (secondary N) is 3. The molecule has 23 heavy (non-hydrogen) atoms. The molecule has 0 aliphatic rings. The van der Waals surface area contributed by atoms with Gasteiger partial charge in [0.1, 0.15) is 0 Å². The number of hydrogen-bond donors (Lipinski definition) is 3. The number of likely N-dealkylation sites (N-methyl/N-ethyl adjacent to an activating group) is 1. The minimum Gasteiger partial charge on any atom is -0.350 e. The first-order valence-corrected chi connectivity index (χ1v) is 7.20. The highest BCUT2D eigenvalue weighted by molar-refractivity contribution is 5.97. The van der Waals surface area contributed by atoms with Crippen molar-refractivity contribution in [1.29, 1.82) is 0 Å². The lowest BCUT2D eigenvalue weighted by atomic mass is 10.1. The summed E-state index contributed by atoms with van der Waals surface area (Å²) in [6.45, 7) is 4.47. The van der Waals surface area contributed by atoms with Crippen LogP contribution in [-0.2, 0) is 6.54 Å². The molecule has 1 aromatic heterocycles. The van der Waals surface area contributed by atoms with Gasteiger partial charge >= 0.3 is 5.69 Å². The van der Waals surface area contributed by atoms with E-state index in [4.69, 9.17) is 0 Å². The maximum atomic E-state index is 12.1. The van der Waals surface area contributed by atoms with Gasteiger partial charge in [-0.2, -0.15) is 0 Å². The van der Waals surface area contributed by atoms with E-state index in [1.165, 1.54) is 6.07 Å². The van der Waals surface area contributed by atoms with Crippen LogP contribution in [0.3, 0.4) is 0 Å². The number of aromatic amines is 1. The van der Waals surface area contributed by atoms with Gasteiger partial charge in [-0.05, 0) is 39.1 Å². The first kappa shape index (κ1) is 18.9. The number of benzene rings is 1. The number of carbonyl (C=O) groups is 1. The SMILES string of the molecule is CCn1c(=O)[nH]c2cc(C(=O)NCC(C)NC)ccc2c1=O.Cl. The Kier molecular flexibility index (Phi) is 6.53. The maximum absolute atomic E-state index is 12.1. The van der Waals surface area contributed by atoms with Crippen molar-refractivity contribution in [2.24, 2.45) is 0 Å². The Morgan fingerprint density at radius 2 is 2.04 bits per heavy atom. The molecule has 0 aliphatic heterocycles. The van der Waals surface area contributed by atoms with Crippen LogP contribution >= 0.6 is 12.4 Å². The number of amides is 1. The number of rotatable bonds is 5. The molecule has 0 saturated carbocycles. The summed E-state index contributed by atoms with van der Waals surface area (Å²) in [7, 11) is 1.82. The highest BCUT2D eigenvalue weighted by Crippen LogP contribution is 2.09. The quantitative estimate of drug-likeness (QED) is 0.737. The van der Waals surface area contributed by atoms with Gasteiger partial charge in [0.15, 0.2) is 0 Å². The van der Waals surface area contributed by atoms with Crippen LogP contribution < -0.4 is 21.9 Å². The molecule has 126 valence electrons. The highest BCUT2D eigenvalue weighted by atomic mass is 35.5. The molecule has 0 spiro atoms. The topological polar surface area (TPSA) is 96.0 Å². The second kappa shape index (κ2) is 7.94. The molecule has 1 unspecified atom stereocenters. The molecule has 0 radical (unpaired) electrons. The predicted octanol–water partition coefficient (Wildman–Crippen LogP) is 0.469. The first-order chi connectivity index (χ1) is 10.5. The minimum absolute atomic E-state index is 0. The van der Waals surface area contributed by atoms with Crippen molar-refractivity contribution >= 4 is 29.2 Å². The van der Waals surface area contributed by atoms with Crippen LogP contribution in [0.2, 0.25) is 0 Å². The Morgan fingerprint density at radius 1 is 1.35 bits per heavy atom. The zero-order valence-electron chi connectivity index (χ0n) is 13.3. The summed E-state index contributed by atoms with van der Waals surface area (Å²) in [6, 6.07) is 4.83. The van der Waals surface area contributed by atoms with Crippen LogP contribution in [0.15, 0.2) is 27.8 Å². The summed E-state index contributed by atoms with van der Waals surface area (Å²) in [5.74, 6) is -0.246. The fraction of sp³-hybridized carbons (Fsp3) is 0.400. The van der Waals surface area contributed by atoms with Crippen LogP contribution in [0.1, 0.15) is 24.2 Å². The molecule has 1 heterocycles. The van der Waals surface area contributed by atoms with Gasteiger partial charge in [0.25, 0.3) is 11.5 Å². The molecule has 0 bridgehead atoms. The van der Waals surface area contributed by atoms with Gasteiger partial charge in [-0.1, -0.05) is 0 Å². The Morgan fingerprint density at radius 3 is 2.65 bits per heavy atom. The lowest BCUT2D eigenvalue weighted by molar-refractivity contribution is 0.0950. The maximum Gasteiger partial charge on any atom is 0.328 e. The standard InChI is InChI=1S/C15H20N4O3.ClH/c1-4-19-14(21)11-6-5-10(7-12(11)18-15(19)22)13(20)17-8-9(2)16-3;/h5-7,9,16H,4,8H2,1-3H3,(H,17,20)(H,18,22);1H. The van der Waals surface area contributed by atoms with Crippen molar-refractivity contribution in [1.82, 2.24) is 20.2 Å². The van der Waals surface area contributed by atoms with E-state index in [0.717, 1.165) is 4.57 Å². The lowest BCUT2D eigenvalue weighted by Crippen LogP contribution is -2.37. The van der Waals surface area contributed by atoms with E-state index in [9.17, 15) is 14.4 Å². The molecule has 1 amide bonds. The van der Waals surface area contributed by atoms with E-state index >= 15 is 0 Å². The van der Waals surface area contributed by atoms with Crippen LogP contribution in [0.25, 0.3) is 10.9 Å². The van der Waals surface area contributed by atoms with E-state index in [2.05, 4.69) is 15.6 Å². The number of halogens is 1. The van der Waals surface area contributed by atoms with Crippen LogP contribution in [0.4, 0.5) is 0 Å². The predicted molar refractivity (Wildman–Crippen MR) is 92.6 cm³/mol. The van der Waals surface area contributed by atoms with Gasteiger partial charge in [-0.15, -0.1) is 12.4 Å². The van der Waals surface area contributed by atoms with Gasteiger partial charge in [0, 0.05) is 24.7 Å². The fourth-order valence-corrected chi connectivity index (χ4v) is 2.13. The summed E-state index contributed by atoms with van der Waals surface area (Å²) in [5.41, 5.74) is -0.0486. The second-order valence-corrected chi connectivity index (χ2v) is 5.14.